The Morgan fingerprint density at radius 1 is 1.24 bits per heavy atom. The van der Waals surface area contributed by atoms with Gasteiger partial charge in [0.05, 0.1) is 12.8 Å². The average molecular weight is 286 g/mol. The molecule has 4 nitrogen and oxygen atoms in total. The predicted octanol–water partition coefficient (Wildman–Crippen LogP) is 2.64. The minimum atomic E-state index is -0.00785. The van der Waals surface area contributed by atoms with Crippen molar-refractivity contribution in [2.45, 2.75) is 26.9 Å². The molecule has 0 radical (unpaired) electrons. The number of ether oxygens (including phenoxy) is 1. The highest BCUT2D eigenvalue weighted by molar-refractivity contribution is 5.62. The van der Waals surface area contributed by atoms with Gasteiger partial charge in [-0.1, -0.05) is 32.0 Å². The van der Waals surface area contributed by atoms with Gasteiger partial charge in [0.15, 0.2) is 0 Å². The van der Waals surface area contributed by atoms with E-state index in [1.165, 1.54) is 0 Å². The second-order valence-corrected chi connectivity index (χ2v) is 5.49. The molecule has 2 aromatic rings. The Labute approximate surface area is 125 Å². The van der Waals surface area contributed by atoms with Crippen molar-refractivity contribution < 1.29 is 4.74 Å². The van der Waals surface area contributed by atoms with Crippen LogP contribution < -0.4 is 16.0 Å². The van der Waals surface area contributed by atoms with Crippen LogP contribution in [0, 0.1) is 5.92 Å². The molecular formula is C17H22N2O2. The number of hydrogen-bond acceptors (Lipinski definition) is 3. The third kappa shape index (κ3) is 3.34. The van der Waals surface area contributed by atoms with Crippen molar-refractivity contribution in [1.82, 2.24) is 4.57 Å². The van der Waals surface area contributed by atoms with Gasteiger partial charge in [-0.3, -0.25) is 4.79 Å². The molecule has 1 aromatic carbocycles. The van der Waals surface area contributed by atoms with Crippen molar-refractivity contribution >= 4 is 0 Å². The van der Waals surface area contributed by atoms with Crippen LogP contribution in [0.2, 0.25) is 0 Å². The molecule has 4 heteroatoms. The number of nitrogens with zero attached hydrogens (tertiary/aromatic N) is 1. The zero-order chi connectivity index (χ0) is 15.4. The summed E-state index contributed by atoms with van der Waals surface area (Å²) in [5, 5.41) is 0. The first-order chi connectivity index (χ1) is 10.1. The fourth-order valence-corrected chi connectivity index (χ4v) is 2.36. The summed E-state index contributed by atoms with van der Waals surface area (Å²) < 4.78 is 7.07. The van der Waals surface area contributed by atoms with E-state index < -0.39 is 0 Å². The first-order valence-corrected chi connectivity index (χ1v) is 7.14. The third-order valence-corrected chi connectivity index (χ3v) is 3.39. The highest BCUT2D eigenvalue weighted by atomic mass is 16.5. The van der Waals surface area contributed by atoms with Gasteiger partial charge in [0.2, 0.25) is 0 Å². The van der Waals surface area contributed by atoms with Crippen LogP contribution in [0.25, 0.3) is 11.3 Å². The van der Waals surface area contributed by atoms with Gasteiger partial charge >= 0.3 is 0 Å². The first kappa shape index (κ1) is 15.3. The Kier molecular flexibility index (Phi) is 4.81. The molecule has 0 bridgehead atoms. The largest absolute Gasteiger partial charge is 0.497 e. The normalized spacial score (nSPS) is 10.9. The van der Waals surface area contributed by atoms with Crippen LogP contribution in [0.15, 0.2) is 41.2 Å². The Bertz CT molecular complexity index is 675. The van der Waals surface area contributed by atoms with Crippen molar-refractivity contribution in [3.8, 4) is 17.0 Å². The molecule has 0 saturated carbocycles. The second-order valence-electron chi connectivity index (χ2n) is 5.49. The van der Waals surface area contributed by atoms with Crippen LogP contribution in [0.3, 0.4) is 0 Å². The molecule has 0 amide bonds. The first-order valence-electron chi connectivity index (χ1n) is 7.14. The number of rotatable bonds is 5. The van der Waals surface area contributed by atoms with E-state index in [0.29, 0.717) is 18.0 Å². The molecule has 0 fully saturated rings. The number of methoxy groups -OCH3 is 1. The van der Waals surface area contributed by atoms with Crippen LogP contribution in [-0.4, -0.2) is 11.7 Å². The molecule has 0 unspecified atom stereocenters. The highest BCUT2D eigenvalue weighted by Crippen LogP contribution is 2.23. The van der Waals surface area contributed by atoms with Crippen molar-refractivity contribution in [2.24, 2.45) is 11.7 Å². The number of nitrogens with two attached hydrogens (primary N) is 1. The number of benzene rings is 1. The van der Waals surface area contributed by atoms with E-state index in [2.05, 4.69) is 13.8 Å². The Hall–Kier alpha value is -2.07. The average Bonchev–Trinajstić information content (AvgIpc) is 2.49. The van der Waals surface area contributed by atoms with Crippen LogP contribution in [-0.2, 0) is 13.1 Å². The third-order valence-electron chi connectivity index (χ3n) is 3.39. The standard InChI is InChI=1S/C17H22N2O2/c1-12(2)11-19-16(8-7-14(10-18)17(19)20)13-5-4-6-15(9-13)21-3/h4-9,12H,10-11,18H2,1-3H3. The van der Waals surface area contributed by atoms with Gasteiger partial charge < -0.3 is 15.0 Å². The fourth-order valence-electron chi connectivity index (χ4n) is 2.36. The summed E-state index contributed by atoms with van der Waals surface area (Å²) in [5.74, 6) is 1.15. The van der Waals surface area contributed by atoms with E-state index in [0.717, 1.165) is 17.0 Å². The Balaban J connectivity index is 2.61. The minimum Gasteiger partial charge on any atom is -0.497 e. The van der Waals surface area contributed by atoms with Crippen molar-refractivity contribution in [3.05, 3.63) is 52.3 Å². The molecule has 1 heterocycles. The van der Waals surface area contributed by atoms with Gasteiger partial charge in [-0.15, -0.1) is 0 Å². The quantitative estimate of drug-likeness (QED) is 0.919. The molecule has 0 spiro atoms. The van der Waals surface area contributed by atoms with Gasteiger partial charge in [0, 0.05) is 24.2 Å². The lowest BCUT2D eigenvalue weighted by Crippen LogP contribution is -2.28. The maximum Gasteiger partial charge on any atom is 0.255 e. The number of hydrogen-bond donors (Lipinski definition) is 1. The Morgan fingerprint density at radius 3 is 2.62 bits per heavy atom. The number of aromatic nitrogens is 1. The SMILES string of the molecule is COc1cccc(-c2ccc(CN)c(=O)n2CC(C)C)c1. The molecule has 0 aliphatic carbocycles. The molecule has 0 aliphatic rings. The summed E-state index contributed by atoms with van der Waals surface area (Å²) in [7, 11) is 1.64. The molecule has 112 valence electrons. The minimum absolute atomic E-state index is 0.00785. The molecule has 1 aromatic heterocycles. The number of pyridine rings is 1. The van der Waals surface area contributed by atoms with Gasteiger partial charge in [-0.05, 0) is 24.1 Å². The maximum absolute atomic E-state index is 12.5. The van der Waals surface area contributed by atoms with Gasteiger partial charge in [-0.25, -0.2) is 0 Å². The summed E-state index contributed by atoms with van der Waals surface area (Å²) in [6, 6.07) is 11.5. The summed E-state index contributed by atoms with van der Waals surface area (Å²) in [4.78, 5) is 12.5. The van der Waals surface area contributed by atoms with E-state index in [1.807, 2.05) is 41.0 Å². The summed E-state index contributed by atoms with van der Waals surface area (Å²) in [6.45, 7) is 5.11. The fraction of sp³-hybridized carbons (Fsp3) is 0.353. The molecule has 2 N–H and O–H groups in total. The van der Waals surface area contributed by atoms with Crippen molar-refractivity contribution in [2.75, 3.05) is 7.11 Å². The van der Waals surface area contributed by atoms with E-state index in [9.17, 15) is 4.79 Å². The molecule has 0 aliphatic heterocycles. The van der Waals surface area contributed by atoms with E-state index in [1.54, 1.807) is 7.11 Å². The lowest BCUT2D eigenvalue weighted by Gasteiger charge is -2.17. The van der Waals surface area contributed by atoms with E-state index in [4.69, 9.17) is 10.5 Å². The summed E-state index contributed by atoms with van der Waals surface area (Å²) in [6.07, 6.45) is 0. The van der Waals surface area contributed by atoms with Crippen LogP contribution >= 0.6 is 0 Å². The van der Waals surface area contributed by atoms with Gasteiger partial charge in [0.1, 0.15) is 5.75 Å². The Morgan fingerprint density at radius 2 is 2.00 bits per heavy atom. The summed E-state index contributed by atoms with van der Waals surface area (Å²) >= 11 is 0. The highest BCUT2D eigenvalue weighted by Gasteiger charge is 2.11. The zero-order valence-corrected chi connectivity index (χ0v) is 12.8. The molecular weight excluding hydrogens is 264 g/mol. The molecule has 2 rings (SSSR count). The smallest absolute Gasteiger partial charge is 0.255 e. The lowest BCUT2D eigenvalue weighted by molar-refractivity contribution is 0.415. The van der Waals surface area contributed by atoms with Crippen molar-refractivity contribution in [3.63, 3.8) is 0 Å². The maximum atomic E-state index is 12.5. The van der Waals surface area contributed by atoms with Crippen molar-refractivity contribution in [1.29, 1.82) is 0 Å². The van der Waals surface area contributed by atoms with E-state index in [-0.39, 0.29) is 12.1 Å². The summed E-state index contributed by atoms with van der Waals surface area (Å²) in [5.41, 5.74) is 8.15. The van der Waals surface area contributed by atoms with Crippen LogP contribution in [0.1, 0.15) is 19.4 Å². The van der Waals surface area contributed by atoms with Gasteiger partial charge in [0.25, 0.3) is 5.56 Å². The zero-order valence-electron chi connectivity index (χ0n) is 12.8. The predicted molar refractivity (Wildman–Crippen MR) is 85.4 cm³/mol. The topological polar surface area (TPSA) is 57.2 Å². The van der Waals surface area contributed by atoms with Gasteiger partial charge in [-0.2, -0.15) is 0 Å². The molecule has 21 heavy (non-hydrogen) atoms. The van der Waals surface area contributed by atoms with Crippen LogP contribution in [0.4, 0.5) is 0 Å². The van der Waals surface area contributed by atoms with E-state index >= 15 is 0 Å². The monoisotopic (exact) mass is 286 g/mol. The second kappa shape index (κ2) is 6.59. The molecule has 0 saturated heterocycles. The van der Waals surface area contributed by atoms with Crippen LogP contribution in [0.5, 0.6) is 5.75 Å². The molecule has 0 atom stereocenters. The lowest BCUT2D eigenvalue weighted by atomic mass is 10.1.